The van der Waals surface area contributed by atoms with Gasteiger partial charge in [-0.2, -0.15) is 0 Å². The summed E-state index contributed by atoms with van der Waals surface area (Å²) in [5.74, 6) is 0. The zero-order valence-electron chi connectivity index (χ0n) is 4.26. The first-order chi connectivity index (χ1) is 3.27. The van der Waals surface area contributed by atoms with Crippen molar-refractivity contribution < 1.29 is 5.11 Å². The third kappa shape index (κ3) is 6.18. The zero-order chi connectivity index (χ0) is 5.70. The highest BCUT2D eigenvalue weighted by Gasteiger charge is 1.85. The molecule has 0 spiro atoms. The van der Waals surface area contributed by atoms with Crippen LogP contribution in [-0.2, 0) is 0 Å². The van der Waals surface area contributed by atoms with Gasteiger partial charge in [0.1, 0.15) is 0 Å². The summed E-state index contributed by atoms with van der Waals surface area (Å²) < 4.78 is 0. The Kier molecular flexibility index (Phi) is 4.45. The Balaban J connectivity index is 2.97. The van der Waals surface area contributed by atoms with E-state index in [0.29, 0.717) is 0 Å². The Hall–Kier alpha value is 0.180. The summed E-state index contributed by atoms with van der Waals surface area (Å²) in [7, 11) is 0. The van der Waals surface area contributed by atoms with Crippen molar-refractivity contribution in [3.05, 3.63) is 11.1 Å². The SMILES string of the molecule is C[C@@H](O)C/C=C\Br. The second-order valence-corrected chi connectivity index (χ2v) is 1.98. The molecule has 1 atom stereocenters. The molecule has 0 saturated carbocycles. The number of hydrogen-bond acceptors (Lipinski definition) is 1. The molecule has 0 heterocycles. The molecule has 42 valence electrons. The zero-order valence-corrected chi connectivity index (χ0v) is 5.85. The van der Waals surface area contributed by atoms with Crippen LogP contribution in [0.2, 0.25) is 0 Å². The third-order valence-electron chi connectivity index (χ3n) is 0.566. The molecular weight excluding hydrogens is 156 g/mol. The van der Waals surface area contributed by atoms with Crippen LogP contribution >= 0.6 is 15.9 Å². The largest absolute Gasteiger partial charge is 0.393 e. The normalized spacial score (nSPS) is 15.3. The molecular formula is C5H9BrO. The van der Waals surface area contributed by atoms with E-state index in [2.05, 4.69) is 15.9 Å². The highest BCUT2D eigenvalue weighted by molar-refractivity contribution is 9.11. The van der Waals surface area contributed by atoms with Crippen molar-refractivity contribution in [1.29, 1.82) is 0 Å². The van der Waals surface area contributed by atoms with Crippen molar-refractivity contribution in [3.8, 4) is 0 Å². The molecule has 2 heteroatoms. The van der Waals surface area contributed by atoms with E-state index in [9.17, 15) is 0 Å². The van der Waals surface area contributed by atoms with E-state index in [1.807, 2.05) is 6.08 Å². The average Bonchev–Trinajstić information content (AvgIpc) is 1.61. The number of halogens is 1. The Bertz CT molecular complexity index is 59.1. The topological polar surface area (TPSA) is 20.2 Å². The van der Waals surface area contributed by atoms with Crippen LogP contribution < -0.4 is 0 Å². The minimum Gasteiger partial charge on any atom is -0.393 e. The summed E-state index contributed by atoms with van der Waals surface area (Å²) >= 11 is 3.09. The van der Waals surface area contributed by atoms with Gasteiger partial charge in [-0.15, -0.1) is 0 Å². The molecule has 0 saturated heterocycles. The van der Waals surface area contributed by atoms with Crippen LogP contribution in [0.1, 0.15) is 13.3 Å². The second kappa shape index (κ2) is 4.34. The Morgan fingerprint density at radius 2 is 2.43 bits per heavy atom. The molecule has 7 heavy (non-hydrogen) atoms. The molecule has 0 aliphatic carbocycles. The Morgan fingerprint density at radius 3 is 2.57 bits per heavy atom. The number of rotatable bonds is 2. The first kappa shape index (κ1) is 7.18. The minimum atomic E-state index is -0.214. The van der Waals surface area contributed by atoms with E-state index in [-0.39, 0.29) is 6.10 Å². The van der Waals surface area contributed by atoms with E-state index in [4.69, 9.17) is 5.11 Å². The molecule has 0 aromatic heterocycles. The maximum Gasteiger partial charge on any atom is 0.0546 e. The summed E-state index contributed by atoms with van der Waals surface area (Å²) in [5.41, 5.74) is 0. The van der Waals surface area contributed by atoms with Gasteiger partial charge in [0.2, 0.25) is 0 Å². The highest BCUT2D eigenvalue weighted by atomic mass is 79.9. The van der Waals surface area contributed by atoms with Crippen molar-refractivity contribution in [2.75, 3.05) is 0 Å². The lowest BCUT2D eigenvalue weighted by molar-refractivity contribution is 0.198. The van der Waals surface area contributed by atoms with Crippen LogP contribution in [-0.4, -0.2) is 11.2 Å². The first-order valence-electron chi connectivity index (χ1n) is 2.20. The molecule has 0 amide bonds. The maximum atomic E-state index is 8.61. The van der Waals surface area contributed by atoms with E-state index < -0.39 is 0 Å². The second-order valence-electron chi connectivity index (χ2n) is 1.45. The number of aliphatic hydroxyl groups is 1. The van der Waals surface area contributed by atoms with E-state index in [1.165, 1.54) is 0 Å². The van der Waals surface area contributed by atoms with Crippen LogP contribution in [0.4, 0.5) is 0 Å². The van der Waals surface area contributed by atoms with Gasteiger partial charge in [0.05, 0.1) is 6.10 Å². The van der Waals surface area contributed by atoms with Gasteiger partial charge in [0.25, 0.3) is 0 Å². The van der Waals surface area contributed by atoms with Gasteiger partial charge in [0.15, 0.2) is 0 Å². The van der Waals surface area contributed by atoms with Crippen molar-refractivity contribution in [1.82, 2.24) is 0 Å². The van der Waals surface area contributed by atoms with Crippen LogP contribution in [0.5, 0.6) is 0 Å². The van der Waals surface area contributed by atoms with Crippen LogP contribution in [0.15, 0.2) is 11.1 Å². The minimum absolute atomic E-state index is 0.214. The fourth-order valence-corrected chi connectivity index (χ4v) is 0.464. The maximum absolute atomic E-state index is 8.61. The lowest BCUT2D eigenvalue weighted by Crippen LogP contribution is -1.94. The van der Waals surface area contributed by atoms with Crippen molar-refractivity contribution in [2.45, 2.75) is 19.4 Å². The molecule has 1 N–H and O–H groups in total. The van der Waals surface area contributed by atoms with Gasteiger partial charge in [-0.1, -0.05) is 22.0 Å². The van der Waals surface area contributed by atoms with Gasteiger partial charge in [0, 0.05) is 0 Å². The van der Waals surface area contributed by atoms with Gasteiger partial charge < -0.3 is 5.11 Å². The molecule has 0 rings (SSSR count). The Labute approximate surface area is 52.2 Å². The van der Waals surface area contributed by atoms with Crippen LogP contribution in [0, 0.1) is 0 Å². The average molecular weight is 165 g/mol. The first-order valence-corrected chi connectivity index (χ1v) is 3.12. The monoisotopic (exact) mass is 164 g/mol. The molecule has 0 aromatic carbocycles. The number of hydrogen-bond donors (Lipinski definition) is 1. The highest BCUT2D eigenvalue weighted by Crippen LogP contribution is 1.92. The summed E-state index contributed by atoms with van der Waals surface area (Å²) in [6, 6.07) is 0. The summed E-state index contributed by atoms with van der Waals surface area (Å²) in [4.78, 5) is 1.75. The van der Waals surface area contributed by atoms with E-state index >= 15 is 0 Å². The molecule has 0 radical (unpaired) electrons. The van der Waals surface area contributed by atoms with Gasteiger partial charge in [-0.25, -0.2) is 0 Å². The van der Waals surface area contributed by atoms with Crippen LogP contribution in [0.3, 0.4) is 0 Å². The van der Waals surface area contributed by atoms with E-state index in [0.717, 1.165) is 6.42 Å². The summed E-state index contributed by atoms with van der Waals surface area (Å²) in [6.45, 7) is 1.76. The molecule has 0 aliphatic rings. The van der Waals surface area contributed by atoms with Gasteiger partial charge in [-0.05, 0) is 18.3 Å². The summed E-state index contributed by atoms with van der Waals surface area (Å²) in [6.07, 6.45) is 2.38. The quantitative estimate of drug-likeness (QED) is 0.659. The number of aliphatic hydroxyl groups excluding tert-OH is 1. The predicted molar refractivity (Wildman–Crippen MR) is 34.4 cm³/mol. The molecule has 0 aromatic rings. The molecule has 0 bridgehead atoms. The van der Waals surface area contributed by atoms with Gasteiger partial charge >= 0.3 is 0 Å². The lowest BCUT2D eigenvalue weighted by atomic mass is 10.3. The van der Waals surface area contributed by atoms with Crippen molar-refractivity contribution in [3.63, 3.8) is 0 Å². The molecule has 0 fully saturated rings. The van der Waals surface area contributed by atoms with Crippen LogP contribution in [0.25, 0.3) is 0 Å². The van der Waals surface area contributed by atoms with Crippen molar-refractivity contribution >= 4 is 15.9 Å². The fraction of sp³-hybridized carbons (Fsp3) is 0.600. The molecule has 0 aliphatic heterocycles. The van der Waals surface area contributed by atoms with Crippen molar-refractivity contribution in [2.24, 2.45) is 0 Å². The standard InChI is InChI=1S/C5H9BrO/c1-5(7)3-2-4-6/h2,4-5,7H,3H2,1H3/b4-2-/t5-/m1/s1. The summed E-state index contributed by atoms with van der Waals surface area (Å²) in [5, 5.41) is 8.61. The van der Waals surface area contributed by atoms with Gasteiger partial charge in [-0.3, -0.25) is 0 Å². The predicted octanol–water partition coefficient (Wildman–Crippen LogP) is 1.67. The molecule has 0 unspecified atom stereocenters. The lowest BCUT2D eigenvalue weighted by Gasteiger charge is -1.93. The molecule has 1 nitrogen and oxygen atoms in total. The third-order valence-corrected chi connectivity index (χ3v) is 0.940. The smallest absolute Gasteiger partial charge is 0.0546 e. The van der Waals surface area contributed by atoms with E-state index in [1.54, 1.807) is 11.9 Å². The fourth-order valence-electron chi connectivity index (χ4n) is 0.248. The Morgan fingerprint density at radius 1 is 1.86 bits per heavy atom.